The van der Waals surface area contributed by atoms with Crippen molar-refractivity contribution in [1.82, 2.24) is 0 Å². The average Bonchev–Trinajstić information content (AvgIpc) is 2.47. The van der Waals surface area contributed by atoms with Crippen molar-refractivity contribution in [2.75, 3.05) is 13.2 Å². The Hall–Kier alpha value is -2.56. The lowest BCUT2D eigenvalue weighted by Gasteiger charge is -2.09. The van der Waals surface area contributed by atoms with Crippen LogP contribution in [0.2, 0.25) is 0 Å². The first-order chi connectivity index (χ1) is 10.1. The molecule has 2 rings (SSSR count). The fourth-order valence-corrected chi connectivity index (χ4v) is 1.68. The lowest BCUT2D eigenvalue weighted by atomic mass is 10.2. The van der Waals surface area contributed by atoms with Crippen LogP contribution in [0.3, 0.4) is 0 Å². The predicted octanol–water partition coefficient (Wildman–Crippen LogP) is 3.29. The van der Waals surface area contributed by atoms with Crippen molar-refractivity contribution < 1.29 is 23.8 Å². The molecule has 0 amide bonds. The van der Waals surface area contributed by atoms with E-state index < -0.39 is 5.97 Å². The minimum Gasteiger partial charge on any atom is -0.490 e. The van der Waals surface area contributed by atoms with E-state index in [1.807, 2.05) is 0 Å². The molecule has 0 fully saturated rings. The van der Waals surface area contributed by atoms with Crippen LogP contribution in [-0.4, -0.2) is 24.3 Å². The maximum atomic E-state index is 13.3. The van der Waals surface area contributed by atoms with E-state index in [0.717, 1.165) is 0 Å². The van der Waals surface area contributed by atoms with Crippen molar-refractivity contribution in [3.63, 3.8) is 0 Å². The highest BCUT2D eigenvalue weighted by molar-refractivity contribution is 5.87. The van der Waals surface area contributed by atoms with Crippen molar-refractivity contribution in [2.24, 2.45) is 0 Å². The highest BCUT2D eigenvalue weighted by Crippen LogP contribution is 2.16. The minimum atomic E-state index is -0.980. The van der Waals surface area contributed by atoms with E-state index in [2.05, 4.69) is 0 Å². The van der Waals surface area contributed by atoms with Crippen molar-refractivity contribution in [3.8, 4) is 11.5 Å². The minimum absolute atomic E-state index is 0.203. The summed E-state index contributed by atoms with van der Waals surface area (Å²) in [6.45, 7) is 2.23. The number of benzene rings is 2. The van der Waals surface area contributed by atoms with E-state index in [0.29, 0.717) is 17.1 Å². The lowest BCUT2D eigenvalue weighted by Crippen LogP contribution is -2.09. The molecule has 0 aliphatic carbocycles. The van der Waals surface area contributed by atoms with Crippen molar-refractivity contribution in [2.45, 2.75) is 6.92 Å². The quantitative estimate of drug-likeness (QED) is 0.829. The summed E-state index contributed by atoms with van der Waals surface area (Å²) >= 11 is 0. The van der Waals surface area contributed by atoms with Gasteiger partial charge in [0.15, 0.2) is 0 Å². The maximum Gasteiger partial charge on any atom is 0.335 e. The van der Waals surface area contributed by atoms with Gasteiger partial charge in [0.2, 0.25) is 0 Å². The van der Waals surface area contributed by atoms with Crippen LogP contribution in [-0.2, 0) is 0 Å². The Morgan fingerprint density at radius 3 is 2.19 bits per heavy atom. The van der Waals surface area contributed by atoms with Crippen LogP contribution in [0.5, 0.6) is 11.5 Å². The normalized spacial score (nSPS) is 10.2. The summed E-state index contributed by atoms with van der Waals surface area (Å²) < 4.78 is 24.1. The Morgan fingerprint density at radius 2 is 1.62 bits per heavy atom. The van der Waals surface area contributed by atoms with Gasteiger partial charge in [-0.2, -0.15) is 0 Å². The number of halogens is 1. The summed E-state index contributed by atoms with van der Waals surface area (Å²) in [6.07, 6.45) is 0. The van der Waals surface area contributed by atoms with Gasteiger partial charge in [-0.15, -0.1) is 0 Å². The largest absolute Gasteiger partial charge is 0.490 e. The Balaban J connectivity index is 1.79. The van der Waals surface area contributed by atoms with E-state index in [9.17, 15) is 9.18 Å². The summed E-state index contributed by atoms with van der Waals surface area (Å²) in [6, 6.07) is 10.8. The second-order valence-electron chi connectivity index (χ2n) is 4.44. The Labute approximate surface area is 121 Å². The van der Waals surface area contributed by atoms with Crippen LogP contribution in [0.25, 0.3) is 0 Å². The van der Waals surface area contributed by atoms with Gasteiger partial charge in [0.25, 0.3) is 0 Å². The molecule has 4 nitrogen and oxygen atoms in total. The lowest BCUT2D eigenvalue weighted by molar-refractivity contribution is 0.0697. The maximum absolute atomic E-state index is 13.3. The van der Waals surface area contributed by atoms with E-state index in [-0.39, 0.29) is 24.6 Å². The predicted molar refractivity (Wildman–Crippen MR) is 75.5 cm³/mol. The second kappa shape index (κ2) is 6.74. The van der Waals surface area contributed by atoms with Crippen molar-refractivity contribution in [1.29, 1.82) is 0 Å². The highest BCUT2D eigenvalue weighted by Gasteiger charge is 2.03. The monoisotopic (exact) mass is 290 g/mol. The molecule has 0 atom stereocenters. The van der Waals surface area contributed by atoms with Crippen LogP contribution in [0.1, 0.15) is 15.9 Å². The molecule has 0 saturated carbocycles. The molecule has 0 aliphatic heterocycles. The number of aromatic carboxylic acids is 1. The van der Waals surface area contributed by atoms with Crippen LogP contribution in [0, 0.1) is 12.7 Å². The van der Waals surface area contributed by atoms with Crippen molar-refractivity contribution in [3.05, 3.63) is 59.4 Å². The molecule has 0 aromatic heterocycles. The topological polar surface area (TPSA) is 55.8 Å². The smallest absolute Gasteiger partial charge is 0.335 e. The number of carbonyl (C=O) groups is 1. The third-order valence-corrected chi connectivity index (χ3v) is 2.87. The number of rotatable bonds is 6. The van der Waals surface area contributed by atoms with Crippen LogP contribution < -0.4 is 9.47 Å². The zero-order valence-corrected chi connectivity index (χ0v) is 11.5. The van der Waals surface area contributed by atoms with Crippen molar-refractivity contribution >= 4 is 5.97 Å². The first kappa shape index (κ1) is 14.8. The number of aryl methyl sites for hydroxylation is 1. The fourth-order valence-electron chi connectivity index (χ4n) is 1.68. The van der Waals surface area contributed by atoms with Gasteiger partial charge in [0.05, 0.1) is 5.56 Å². The zero-order chi connectivity index (χ0) is 15.2. The third-order valence-electron chi connectivity index (χ3n) is 2.87. The molecule has 0 heterocycles. The molecule has 110 valence electrons. The molecular formula is C16H15FO4. The molecule has 0 radical (unpaired) electrons. The first-order valence-corrected chi connectivity index (χ1v) is 6.41. The molecule has 2 aromatic rings. The SMILES string of the molecule is Cc1ccc(OCCOc2ccc(C(=O)O)cc2)cc1F. The van der Waals surface area contributed by atoms with E-state index in [4.69, 9.17) is 14.6 Å². The van der Waals surface area contributed by atoms with Crippen LogP contribution >= 0.6 is 0 Å². The Bertz CT molecular complexity index is 623. The highest BCUT2D eigenvalue weighted by atomic mass is 19.1. The number of ether oxygens (including phenoxy) is 2. The molecule has 5 heteroatoms. The average molecular weight is 290 g/mol. The molecule has 2 aromatic carbocycles. The third kappa shape index (κ3) is 4.21. The standard InChI is InChI=1S/C16H15FO4/c1-11-2-5-14(10-15(11)17)21-9-8-20-13-6-3-12(4-7-13)16(18)19/h2-7,10H,8-9H2,1H3,(H,18,19). The molecule has 0 saturated heterocycles. The van der Waals surface area contributed by atoms with Crippen LogP contribution in [0.4, 0.5) is 4.39 Å². The fraction of sp³-hybridized carbons (Fsp3) is 0.188. The van der Waals surface area contributed by atoms with Crippen LogP contribution in [0.15, 0.2) is 42.5 Å². The summed E-state index contributed by atoms with van der Waals surface area (Å²) in [5, 5.41) is 8.77. The first-order valence-electron chi connectivity index (χ1n) is 6.41. The number of carboxylic acids is 1. The molecule has 0 bridgehead atoms. The van der Waals surface area contributed by atoms with E-state index in [1.165, 1.54) is 18.2 Å². The molecule has 1 N–H and O–H groups in total. The Kier molecular flexibility index (Phi) is 4.77. The van der Waals surface area contributed by atoms with Gasteiger partial charge in [-0.1, -0.05) is 6.07 Å². The second-order valence-corrected chi connectivity index (χ2v) is 4.44. The van der Waals surface area contributed by atoms with E-state index >= 15 is 0 Å². The zero-order valence-electron chi connectivity index (χ0n) is 11.5. The van der Waals surface area contributed by atoms with Gasteiger partial charge < -0.3 is 14.6 Å². The Morgan fingerprint density at radius 1 is 1.05 bits per heavy atom. The van der Waals surface area contributed by atoms with Gasteiger partial charge >= 0.3 is 5.97 Å². The van der Waals surface area contributed by atoms with E-state index in [1.54, 1.807) is 31.2 Å². The number of hydrogen-bond acceptors (Lipinski definition) is 3. The molecule has 21 heavy (non-hydrogen) atoms. The van der Waals surface area contributed by atoms with Gasteiger partial charge in [0.1, 0.15) is 30.5 Å². The van der Waals surface area contributed by atoms with Gasteiger partial charge in [-0.05, 0) is 42.8 Å². The molecule has 0 unspecified atom stereocenters. The summed E-state index contributed by atoms with van der Waals surface area (Å²) in [7, 11) is 0. The number of carboxylic acid groups (broad SMARTS) is 1. The summed E-state index contributed by atoms with van der Waals surface area (Å²) in [5.41, 5.74) is 0.769. The van der Waals surface area contributed by atoms with Gasteiger partial charge in [0, 0.05) is 6.07 Å². The van der Waals surface area contributed by atoms with Gasteiger partial charge in [-0.3, -0.25) is 0 Å². The molecule has 0 spiro atoms. The molecular weight excluding hydrogens is 275 g/mol. The summed E-state index contributed by atoms with van der Waals surface area (Å²) in [4.78, 5) is 10.7. The number of hydrogen-bond donors (Lipinski definition) is 1. The summed E-state index contributed by atoms with van der Waals surface area (Å²) in [5.74, 6) is -0.287. The van der Waals surface area contributed by atoms with Gasteiger partial charge in [-0.25, -0.2) is 9.18 Å². The molecule has 0 aliphatic rings.